The number of halogens is 2. The van der Waals surface area contributed by atoms with Crippen LogP contribution in [0.1, 0.15) is 18.1 Å². The van der Waals surface area contributed by atoms with Gasteiger partial charge in [-0.25, -0.2) is 4.79 Å². The third-order valence-electron chi connectivity index (χ3n) is 4.97. The summed E-state index contributed by atoms with van der Waals surface area (Å²) < 4.78 is 16.0. The predicted molar refractivity (Wildman–Crippen MR) is 142 cm³/mol. The Morgan fingerprint density at radius 1 is 1.22 bits per heavy atom. The molecule has 36 heavy (non-hydrogen) atoms. The zero-order chi connectivity index (χ0) is 26.4. The quantitative estimate of drug-likeness (QED) is 0.162. The van der Waals surface area contributed by atoms with Gasteiger partial charge in [0.15, 0.2) is 23.2 Å². The third-order valence-corrected chi connectivity index (χ3v) is 6.06. The van der Waals surface area contributed by atoms with Crippen LogP contribution < -0.4 is 19.7 Å². The number of methoxy groups -OCH3 is 1. The highest BCUT2D eigenvalue weighted by atomic mass is 35.5. The number of carbonyl (C=O) groups is 3. The van der Waals surface area contributed by atoms with Crippen molar-refractivity contribution in [3.63, 3.8) is 0 Å². The molecule has 1 aliphatic heterocycles. The number of hydrogen-bond acceptors (Lipinski definition) is 7. The van der Waals surface area contributed by atoms with Crippen molar-refractivity contribution in [3.05, 3.63) is 69.7 Å². The van der Waals surface area contributed by atoms with Crippen LogP contribution in [0.4, 0.5) is 5.69 Å². The lowest BCUT2D eigenvalue weighted by Crippen LogP contribution is -2.54. The largest absolute Gasteiger partial charge is 0.490 e. The first-order valence-electron chi connectivity index (χ1n) is 10.7. The van der Waals surface area contributed by atoms with Crippen molar-refractivity contribution < 1.29 is 28.6 Å². The lowest BCUT2D eigenvalue weighted by Gasteiger charge is -2.29. The molecule has 2 aromatic carbocycles. The third kappa shape index (κ3) is 5.87. The SMILES string of the molecule is C=CCc1cc(/C=C2\C(=O)NC(=S)N(c3cccc(Cl)c3Cl)C2=O)cc(OCC)c1OCC(=O)OC. The molecule has 3 rings (SSSR count). The summed E-state index contributed by atoms with van der Waals surface area (Å²) in [6, 6.07) is 8.05. The van der Waals surface area contributed by atoms with Crippen molar-refractivity contribution in [1.29, 1.82) is 0 Å². The molecule has 0 atom stereocenters. The van der Waals surface area contributed by atoms with E-state index in [4.69, 9.17) is 44.9 Å². The van der Waals surface area contributed by atoms with Gasteiger partial charge in [-0.15, -0.1) is 6.58 Å². The summed E-state index contributed by atoms with van der Waals surface area (Å²) in [4.78, 5) is 38.9. The zero-order valence-electron chi connectivity index (χ0n) is 19.4. The average molecular weight is 549 g/mol. The predicted octanol–water partition coefficient (Wildman–Crippen LogP) is 4.50. The minimum absolute atomic E-state index is 0.115. The number of allylic oxidation sites excluding steroid dienone is 1. The summed E-state index contributed by atoms with van der Waals surface area (Å²) in [5.74, 6) is -1.26. The number of benzene rings is 2. The van der Waals surface area contributed by atoms with Gasteiger partial charge in [0.2, 0.25) is 0 Å². The number of nitrogens with one attached hydrogen (secondary N) is 1. The van der Waals surface area contributed by atoms with Gasteiger partial charge in [-0.3, -0.25) is 19.8 Å². The van der Waals surface area contributed by atoms with Crippen LogP contribution in [-0.2, 0) is 25.5 Å². The Labute approximate surface area is 223 Å². The number of amides is 2. The topological polar surface area (TPSA) is 94.2 Å². The Bertz CT molecular complexity index is 1280. The lowest BCUT2D eigenvalue weighted by molar-refractivity contribution is -0.143. The molecule has 11 heteroatoms. The molecule has 1 saturated heterocycles. The van der Waals surface area contributed by atoms with Crippen molar-refractivity contribution in [3.8, 4) is 11.5 Å². The summed E-state index contributed by atoms with van der Waals surface area (Å²) in [5, 5.41) is 2.73. The van der Waals surface area contributed by atoms with Crippen molar-refractivity contribution in [2.45, 2.75) is 13.3 Å². The van der Waals surface area contributed by atoms with E-state index in [0.29, 0.717) is 35.7 Å². The van der Waals surface area contributed by atoms with Crippen LogP contribution in [0, 0.1) is 0 Å². The number of ether oxygens (including phenoxy) is 3. The number of thiocarbonyl (C=S) groups is 1. The highest BCUT2D eigenvalue weighted by Crippen LogP contribution is 2.36. The van der Waals surface area contributed by atoms with Crippen LogP contribution in [0.5, 0.6) is 11.5 Å². The monoisotopic (exact) mass is 548 g/mol. The second-order valence-electron chi connectivity index (χ2n) is 7.33. The van der Waals surface area contributed by atoms with E-state index in [9.17, 15) is 14.4 Å². The van der Waals surface area contributed by atoms with E-state index in [2.05, 4.69) is 16.6 Å². The zero-order valence-corrected chi connectivity index (χ0v) is 21.8. The maximum absolute atomic E-state index is 13.4. The Morgan fingerprint density at radius 3 is 2.64 bits per heavy atom. The van der Waals surface area contributed by atoms with Gasteiger partial charge in [0.05, 0.1) is 29.4 Å². The van der Waals surface area contributed by atoms with Crippen LogP contribution in [0.3, 0.4) is 0 Å². The number of esters is 1. The summed E-state index contributed by atoms with van der Waals surface area (Å²) in [5.41, 5.74) is 1.15. The van der Waals surface area contributed by atoms with Gasteiger partial charge >= 0.3 is 5.97 Å². The first kappa shape index (κ1) is 27.2. The lowest BCUT2D eigenvalue weighted by atomic mass is 10.0. The molecule has 1 fully saturated rings. The highest BCUT2D eigenvalue weighted by molar-refractivity contribution is 7.80. The van der Waals surface area contributed by atoms with Crippen LogP contribution in [0.15, 0.2) is 48.6 Å². The molecule has 0 bridgehead atoms. The number of carbonyl (C=O) groups excluding carboxylic acids is 3. The Balaban J connectivity index is 2.08. The molecule has 0 saturated carbocycles. The number of anilines is 1. The molecule has 1 heterocycles. The van der Waals surface area contributed by atoms with Crippen LogP contribution >= 0.6 is 35.4 Å². The molecule has 0 spiro atoms. The van der Waals surface area contributed by atoms with Crippen LogP contribution in [-0.4, -0.2) is 43.2 Å². The van der Waals surface area contributed by atoms with Gasteiger partial charge in [0.1, 0.15) is 5.57 Å². The van der Waals surface area contributed by atoms with Gasteiger partial charge in [-0.05, 0) is 61.5 Å². The van der Waals surface area contributed by atoms with E-state index in [1.54, 1.807) is 43.3 Å². The molecule has 2 aromatic rings. The maximum atomic E-state index is 13.4. The number of nitrogens with zero attached hydrogens (tertiary/aromatic N) is 1. The first-order valence-corrected chi connectivity index (χ1v) is 11.8. The second kappa shape index (κ2) is 12.0. The molecule has 2 amide bonds. The summed E-state index contributed by atoms with van der Waals surface area (Å²) >= 11 is 17.6. The van der Waals surface area contributed by atoms with E-state index in [-0.39, 0.29) is 33.0 Å². The molecule has 1 aliphatic rings. The number of hydrogen-bond donors (Lipinski definition) is 1. The van der Waals surface area contributed by atoms with Gasteiger partial charge in [0, 0.05) is 5.56 Å². The smallest absolute Gasteiger partial charge is 0.343 e. The Hall–Kier alpha value is -3.40. The number of rotatable bonds is 9. The first-order chi connectivity index (χ1) is 17.2. The fourth-order valence-electron chi connectivity index (χ4n) is 3.40. The average Bonchev–Trinajstić information content (AvgIpc) is 2.84. The van der Waals surface area contributed by atoms with Crippen molar-refractivity contribution in [2.24, 2.45) is 0 Å². The highest BCUT2D eigenvalue weighted by Gasteiger charge is 2.35. The summed E-state index contributed by atoms with van der Waals surface area (Å²) in [7, 11) is 1.26. The molecular weight excluding hydrogens is 527 g/mol. The molecule has 0 unspecified atom stereocenters. The van der Waals surface area contributed by atoms with Crippen LogP contribution in [0.25, 0.3) is 6.08 Å². The normalized spacial score (nSPS) is 14.5. The minimum atomic E-state index is -0.679. The molecule has 188 valence electrons. The van der Waals surface area contributed by atoms with Crippen LogP contribution in [0.2, 0.25) is 10.0 Å². The second-order valence-corrected chi connectivity index (χ2v) is 8.50. The van der Waals surface area contributed by atoms with Gasteiger partial charge < -0.3 is 14.2 Å². The fourth-order valence-corrected chi connectivity index (χ4v) is 4.05. The van der Waals surface area contributed by atoms with E-state index in [1.807, 2.05) is 0 Å². The van der Waals surface area contributed by atoms with Crippen molar-refractivity contribution >= 4 is 70.1 Å². The van der Waals surface area contributed by atoms with Crippen molar-refractivity contribution in [1.82, 2.24) is 5.32 Å². The Kier molecular flexibility index (Phi) is 9.08. The molecule has 8 nitrogen and oxygen atoms in total. The van der Waals surface area contributed by atoms with Gasteiger partial charge in [-0.1, -0.05) is 35.3 Å². The molecule has 0 aliphatic carbocycles. The molecule has 0 aromatic heterocycles. The molecular formula is C25H22Cl2N2O6S. The standard InChI is InChI=1S/C25H22Cl2N2O6S/c1-4-7-15-10-14(12-19(34-5-2)22(15)35-13-20(30)33-3)11-16-23(31)28-25(36)29(24(16)32)18-9-6-8-17(26)21(18)27/h4,6,8-12H,1,5,7,13H2,2-3H3,(H,28,31,36)/b16-11+. The summed E-state index contributed by atoms with van der Waals surface area (Å²) in [6.45, 7) is 5.52. The van der Waals surface area contributed by atoms with E-state index >= 15 is 0 Å². The van der Waals surface area contributed by atoms with Gasteiger partial charge in [0.25, 0.3) is 11.8 Å². The maximum Gasteiger partial charge on any atom is 0.343 e. The van der Waals surface area contributed by atoms with E-state index in [0.717, 1.165) is 4.90 Å². The Morgan fingerprint density at radius 2 is 1.97 bits per heavy atom. The van der Waals surface area contributed by atoms with E-state index in [1.165, 1.54) is 13.2 Å². The van der Waals surface area contributed by atoms with Gasteiger partial charge in [-0.2, -0.15) is 0 Å². The molecule has 0 radical (unpaired) electrons. The van der Waals surface area contributed by atoms with Crippen molar-refractivity contribution in [2.75, 3.05) is 25.2 Å². The minimum Gasteiger partial charge on any atom is -0.490 e. The van der Waals surface area contributed by atoms with E-state index < -0.39 is 17.8 Å². The fraction of sp³-hybridized carbons (Fsp3) is 0.200. The summed E-state index contributed by atoms with van der Waals surface area (Å²) in [6.07, 6.45) is 3.42. The molecule has 1 N–H and O–H groups in total.